The maximum atomic E-state index is 10.9. The number of aliphatic carboxylic acids is 1. The summed E-state index contributed by atoms with van der Waals surface area (Å²) in [7, 11) is 0. The molecule has 0 radical (unpaired) electrons. The van der Waals surface area contributed by atoms with E-state index >= 15 is 0 Å². The molecule has 0 atom stereocenters. The zero-order valence-corrected chi connectivity index (χ0v) is 12.7. The molecule has 0 amide bonds. The molecule has 3 nitrogen and oxygen atoms in total. The zero-order chi connectivity index (χ0) is 15.2. The summed E-state index contributed by atoms with van der Waals surface area (Å²) in [4.78, 5) is 12.9. The highest BCUT2D eigenvalue weighted by molar-refractivity contribution is 6.31. The quantitative estimate of drug-likeness (QED) is 0.872. The summed E-state index contributed by atoms with van der Waals surface area (Å²) in [5, 5.41) is 9.62. The number of carbonyl (C=O) groups is 1. The van der Waals surface area contributed by atoms with E-state index in [1.807, 2.05) is 60.4 Å². The standard InChI is InChI=1S/C17H18ClNO2/c1-13-7-8-15(11-16(13)18)19(10-9-17(20)21)12-14-5-3-2-4-6-14/h2-8,11H,9-10,12H2,1H3,(H,20,21). The Hall–Kier alpha value is -2.00. The Kier molecular flexibility index (Phi) is 5.23. The molecule has 2 aromatic carbocycles. The Morgan fingerprint density at radius 2 is 1.90 bits per heavy atom. The molecule has 0 aliphatic carbocycles. The van der Waals surface area contributed by atoms with Crippen molar-refractivity contribution in [2.45, 2.75) is 19.9 Å². The summed E-state index contributed by atoms with van der Waals surface area (Å²) in [6, 6.07) is 15.8. The third kappa shape index (κ3) is 4.50. The number of rotatable bonds is 6. The Morgan fingerprint density at radius 1 is 1.19 bits per heavy atom. The lowest BCUT2D eigenvalue weighted by atomic mass is 10.1. The molecule has 110 valence electrons. The molecule has 0 heterocycles. The number of anilines is 1. The maximum absolute atomic E-state index is 10.9. The van der Waals surface area contributed by atoms with Crippen LogP contribution in [0.25, 0.3) is 0 Å². The van der Waals surface area contributed by atoms with Gasteiger partial charge < -0.3 is 10.0 Å². The third-order valence-corrected chi connectivity index (χ3v) is 3.74. The summed E-state index contributed by atoms with van der Waals surface area (Å²) in [6.07, 6.45) is 0.0956. The largest absolute Gasteiger partial charge is 0.481 e. The van der Waals surface area contributed by atoms with Crippen LogP contribution in [-0.2, 0) is 11.3 Å². The van der Waals surface area contributed by atoms with Crippen LogP contribution >= 0.6 is 11.6 Å². The van der Waals surface area contributed by atoms with Crippen LogP contribution in [0, 0.1) is 6.92 Å². The van der Waals surface area contributed by atoms with E-state index in [9.17, 15) is 4.79 Å². The molecule has 0 aliphatic rings. The van der Waals surface area contributed by atoms with Gasteiger partial charge in [0.1, 0.15) is 0 Å². The lowest BCUT2D eigenvalue weighted by Gasteiger charge is -2.25. The van der Waals surface area contributed by atoms with E-state index in [1.54, 1.807) is 0 Å². The molecule has 0 aromatic heterocycles. The van der Waals surface area contributed by atoms with Crippen molar-refractivity contribution in [2.75, 3.05) is 11.4 Å². The van der Waals surface area contributed by atoms with Gasteiger partial charge in [0.2, 0.25) is 0 Å². The second kappa shape index (κ2) is 7.14. The fourth-order valence-electron chi connectivity index (χ4n) is 2.11. The predicted octanol–water partition coefficient (Wildman–Crippen LogP) is 4.13. The Morgan fingerprint density at radius 3 is 2.52 bits per heavy atom. The molecule has 0 saturated carbocycles. The Labute approximate surface area is 129 Å². The summed E-state index contributed by atoms with van der Waals surface area (Å²) in [5.41, 5.74) is 3.09. The smallest absolute Gasteiger partial charge is 0.305 e. The van der Waals surface area contributed by atoms with E-state index in [2.05, 4.69) is 0 Å². The van der Waals surface area contributed by atoms with Crippen molar-refractivity contribution in [3.05, 3.63) is 64.7 Å². The lowest BCUT2D eigenvalue weighted by molar-refractivity contribution is -0.136. The van der Waals surface area contributed by atoms with Crippen LogP contribution in [0.5, 0.6) is 0 Å². The van der Waals surface area contributed by atoms with Crippen molar-refractivity contribution in [1.29, 1.82) is 0 Å². The van der Waals surface area contributed by atoms with Gasteiger partial charge in [0, 0.05) is 23.8 Å². The third-order valence-electron chi connectivity index (χ3n) is 3.33. The van der Waals surface area contributed by atoms with Crippen molar-refractivity contribution < 1.29 is 9.90 Å². The molecule has 2 aromatic rings. The van der Waals surface area contributed by atoms with E-state index in [0.29, 0.717) is 18.1 Å². The zero-order valence-electron chi connectivity index (χ0n) is 11.9. The van der Waals surface area contributed by atoms with Crippen LogP contribution in [0.4, 0.5) is 5.69 Å². The van der Waals surface area contributed by atoms with Crippen LogP contribution in [0.1, 0.15) is 17.5 Å². The molecule has 0 aliphatic heterocycles. The summed E-state index contributed by atoms with van der Waals surface area (Å²) < 4.78 is 0. The van der Waals surface area contributed by atoms with Gasteiger partial charge in [-0.3, -0.25) is 4.79 Å². The maximum Gasteiger partial charge on any atom is 0.305 e. The Balaban J connectivity index is 2.22. The van der Waals surface area contributed by atoms with E-state index in [0.717, 1.165) is 16.8 Å². The number of hydrogen-bond acceptors (Lipinski definition) is 2. The van der Waals surface area contributed by atoms with Gasteiger partial charge in [-0.05, 0) is 30.2 Å². The highest BCUT2D eigenvalue weighted by Crippen LogP contribution is 2.24. The second-order valence-corrected chi connectivity index (χ2v) is 5.39. The van der Waals surface area contributed by atoms with Crippen molar-refractivity contribution in [1.82, 2.24) is 0 Å². The molecule has 0 bridgehead atoms. The first kappa shape index (κ1) is 15.4. The van der Waals surface area contributed by atoms with E-state index in [-0.39, 0.29) is 6.42 Å². The van der Waals surface area contributed by atoms with Crippen molar-refractivity contribution in [3.63, 3.8) is 0 Å². The highest BCUT2D eigenvalue weighted by atomic mass is 35.5. The monoisotopic (exact) mass is 303 g/mol. The molecule has 0 fully saturated rings. The average Bonchev–Trinajstić information content (AvgIpc) is 2.47. The fraction of sp³-hybridized carbons (Fsp3) is 0.235. The summed E-state index contributed by atoms with van der Waals surface area (Å²) in [6.45, 7) is 3.06. The normalized spacial score (nSPS) is 10.4. The molecule has 2 rings (SSSR count). The molecule has 4 heteroatoms. The number of carboxylic acids is 1. The summed E-state index contributed by atoms with van der Waals surface area (Å²) in [5.74, 6) is -0.800. The van der Waals surface area contributed by atoms with Crippen LogP contribution in [0.3, 0.4) is 0 Å². The van der Waals surface area contributed by atoms with Gasteiger partial charge in [-0.15, -0.1) is 0 Å². The number of hydrogen-bond donors (Lipinski definition) is 1. The average molecular weight is 304 g/mol. The van der Waals surface area contributed by atoms with Crippen LogP contribution in [0.15, 0.2) is 48.5 Å². The van der Waals surface area contributed by atoms with Gasteiger partial charge in [0.25, 0.3) is 0 Å². The number of halogens is 1. The van der Waals surface area contributed by atoms with Gasteiger partial charge >= 0.3 is 5.97 Å². The number of benzene rings is 2. The molecule has 1 N–H and O–H groups in total. The predicted molar refractivity (Wildman–Crippen MR) is 85.9 cm³/mol. The molecule has 0 saturated heterocycles. The minimum Gasteiger partial charge on any atom is -0.481 e. The minimum absolute atomic E-state index is 0.0956. The van der Waals surface area contributed by atoms with Crippen molar-refractivity contribution >= 4 is 23.3 Å². The van der Waals surface area contributed by atoms with E-state index < -0.39 is 5.97 Å². The van der Waals surface area contributed by atoms with Crippen LogP contribution < -0.4 is 4.90 Å². The first-order valence-corrected chi connectivity index (χ1v) is 7.21. The molecule has 21 heavy (non-hydrogen) atoms. The van der Waals surface area contributed by atoms with Gasteiger partial charge in [0.05, 0.1) is 6.42 Å². The minimum atomic E-state index is -0.800. The summed E-state index contributed by atoms with van der Waals surface area (Å²) >= 11 is 6.18. The van der Waals surface area contributed by atoms with E-state index in [4.69, 9.17) is 16.7 Å². The van der Waals surface area contributed by atoms with Gasteiger partial charge in [-0.25, -0.2) is 0 Å². The van der Waals surface area contributed by atoms with E-state index in [1.165, 1.54) is 0 Å². The number of aryl methyl sites for hydroxylation is 1. The van der Waals surface area contributed by atoms with Gasteiger partial charge in [-0.2, -0.15) is 0 Å². The number of nitrogens with zero attached hydrogens (tertiary/aromatic N) is 1. The highest BCUT2D eigenvalue weighted by Gasteiger charge is 2.11. The molecule has 0 spiro atoms. The van der Waals surface area contributed by atoms with Gasteiger partial charge in [-0.1, -0.05) is 48.0 Å². The lowest BCUT2D eigenvalue weighted by Crippen LogP contribution is -2.25. The molecular formula is C17H18ClNO2. The first-order valence-electron chi connectivity index (χ1n) is 6.83. The molecule has 0 unspecified atom stereocenters. The Bertz CT molecular complexity index is 613. The SMILES string of the molecule is Cc1ccc(N(CCC(=O)O)Cc2ccccc2)cc1Cl. The van der Waals surface area contributed by atoms with Crippen LogP contribution in [0.2, 0.25) is 5.02 Å². The first-order chi connectivity index (χ1) is 10.1. The van der Waals surface area contributed by atoms with Crippen LogP contribution in [-0.4, -0.2) is 17.6 Å². The van der Waals surface area contributed by atoms with Gasteiger partial charge in [0.15, 0.2) is 0 Å². The molecular weight excluding hydrogens is 286 g/mol. The van der Waals surface area contributed by atoms with Crippen molar-refractivity contribution in [3.8, 4) is 0 Å². The fourth-order valence-corrected chi connectivity index (χ4v) is 2.29. The van der Waals surface area contributed by atoms with Crippen molar-refractivity contribution in [2.24, 2.45) is 0 Å². The number of carboxylic acid groups (broad SMARTS) is 1. The topological polar surface area (TPSA) is 40.5 Å². The second-order valence-electron chi connectivity index (χ2n) is 4.98.